The van der Waals surface area contributed by atoms with Crippen LogP contribution in [-0.2, 0) is 64.5 Å². The fourth-order valence-electron chi connectivity index (χ4n) is 10.9. The van der Waals surface area contributed by atoms with Gasteiger partial charge in [-0.25, -0.2) is 16.8 Å². The van der Waals surface area contributed by atoms with E-state index in [2.05, 4.69) is 21.3 Å². The number of rotatable bonds is 25. The van der Waals surface area contributed by atoms with Crippen molar-refractivity contribution in [1.82, 2.24) is 21.3 Å². The van der Waals surface area contributed by atoms with Crippen molar-refractivity contribution >= 4 is 64.8 Å². The van der Waals surface area contributed by atoms with Crippen LogP contribution >= 0.6 is 0 Å². The third-order valence-electron chi connectivity index (χ3n) is 16.3. The van der Waals surface area contributed by atoms with Crippen LogP contribution in [0, 0.1) is 23.7 Å². The number of aliphatic hydroxyl groups is 2. The quantitative estimate of drug-likeness (QED) is 0.0328. The minimum absolute atomic E-state index is 0.0324. The van der Waals surface area contributed by atoms with Crippen molar-refractivity contribution in [2.45, 2.75) is 141 Å². The van der Waals surface area contributed by atoms with Crippen LogP contribution < -0.4 is 40.2 Å². The fraction of sp³-hybridized carbons (Fsp3) is 0.455. The lowest BCUT2D eigenvalue weighted by molar-refractivity contribution is -0.134. The van der Waals surface area contributed by atoms with E-state index in [9.17, 15) is 36.6 Å². The first-order chi connectivity index (χ1) is 40.5. The predicted octanol–water partition coefficient (Wildman–Crippen LogP) is 7.35. The topological polar surface area (TPSA) is 262 Å². The second kappa shape index (κ2) is 26.8. The van der Waals surface area contributed by atoms with Crippen LogP contribution in [0.5, 0.6) is 23.0 Å². The van der Waals surface area contributed by atoms with Crippen molar-refractivity contribution in [2.75, 3.05) is 25.1 Å². The zero-order valence-electron chi connectivity index (χ0n) is 50.6. The molecule has 0 fully saturated rings. The van der Waals surface area contributed by atoms with Crippen molar-refractivity contribution in [2.24, 2.45) is 23.7 Å². The number of hydrogen-bond acceptors (Lipinski definition) is 14. The molecule has 20 heteroatoms. The van der Waals surface area contributed by atoms with Gasteiger partial charge in [0.05, 0.1) is 44.9 Å². The van der Waals surface area contributed by atoms with Gasteiger partial charge in [-0.05, 0) is 124 Å². The molecule has 0 radical (unpaired) electrons. The van der Waals surface area contributed by atoms with Crippen LogP contribution in [0.15, 0.2) is 121 Å². The van der Waals surface area contributed by atoms with E-state index in [0.29, 0.717) is 34.1 Å². The third kappa shape index (κ3) is 15.1. The SMILES string of the molecule is CC(C)[C@H](NC(=O)[C@H](Cc1cccc2ccccc12)CS(=O)(=O)C(C)(C)C)C(=O)N[C@@H](Cc1cccc2c1OCO2)[C@@H](O)[C@H](O)[C@H](Cc1cccc2c1OCO2)NC(=O)[C@@H](NC(=O)[C@H](Cc1cccc2ccccc12)CS(=O)(=O)C(C)(C)C)C(C)C. The summed E-state index contributed by atoms with van der Waals surface area (Å²) in [6.07, 6.45) is -4.11. The first-order valence-electron chi connectivity index (χ1n) is 29.2. The number of carbonyl (C=O) groups is 4. The maximum absolute atomic E-state index is 15.0. The zero-order chi connectivity index (χ0) is 62.5. The molecule has 86 heavy (non-hydrogen) atoms. The number of carbonyl (C=O) groups excluding carboxylic acids is 4. The smallest absolute Gasteiger partial charge is 0.243 e. The predicted molar refractivity (Wildman–Crippen MR) is 331 cm³/mol. The highest BCUT2D eigenvalue weighted by Crippen LogP contribution is 2.38. The normalized spacial score (nSPS) is 16.2. The van der Waals surface area contributed by atoms with Crippen LogP contribution in [-0.4, -0.2) is 122 Å². The molecular weight excluding hydrogens is 1140 g/mol. The Kier molecular flexibility index (Phi) is 20.2. The molecule has 2 aliphatic rings. The van der Waals surface area contributed by atoms with E-state index in [0.717, 1.165) is 32.7 Å². The second-order valence-corrected chi connectivity index (χ2v) is 30.8. The summed E-state index contributed by atoms with van der Waals surface area (Å²) >= 11 is 0. The van der Waals surface area contributed by atoms with Crippen LogP contribution in [0.4, 0.5) is 0 Å². The van der Waals surface area contributed by atoms with Gasteiger partial charge in [-0.2, -0.15) is 0 Å². The Balaban J connectivity index is 1.11. The van der Waals surface area contributed by atoms with Crippen LogP contribution in [0.1, 0.15) is 91.5 Å². The van der Waals surface area contributed by atoms with E-state index in [1.165, 1.54) is 0 Å². The third-order valence-corrected chi connectivity index (χ3v) is 21.7. The van der Waals surface area contributed by atoms with Gasteiger partial charge < -0.3 is 50.4 Å². The highest BCUT2D eigenvalue weighted by atomic mass is 32.2. The largest absolute Gasteiger partial charge is 0.454 e. The van der Waals surface area contributed by atoms with Gasteiger partial charge >= 0.3 is 0 Å². The Hall–Kier alpha value is -7.26. The number of aliphatic hydroxyl groups excluding tert-OH is 2. The number of hydrogen-bond donors (Lipinski definition) is 6. The maximum atomic E-state index is 15.0. The molecule has 6 aromatic carbocycles. The van der Waals surface area contributed by atoms with Gasteiger partial charge in [-0.15, -0.1) is 0 Å². The molecular formula is C66H82N4O14S2. The molecule has 6 N–H and O–H groups in total. The number of benzene rings is 6. The number of para-hydroxylation sites is 2. The Morgan fingerprint density at radius 1 is 0.442 bits per heavy atom. The van der Waals surface area contributed by atoms with Crippen molar-refractivity contribution in [1.29, 1.82) is 0 Å². The summed E-state index contributed by atoms with van der Waals surface area (Å²) < 4.78 is 76.3. The number of ether oxygens (including phenoxy) is 4. The lowest BCUT2D eigenvalue weighted by Crippen LogP contribution is -2.62. The maximum Gasteiger partial charge on any atom is 0.243 e. The van der Waals surface area contributed by atoms with Crippen LogP contribution in [0.25, 0.3) is 21.5 Å². The van der Waals surface area contributed by atoms with Gasteiger partial charge in [0.1, 0.15) is 24.3 Å². The standard InChI is InChI=1S/C66H82N4O14S2/c1-39(2)55(69-61(73)47(35-85(77,78)65(5,6)7)31-43-23-15-21-41-19-11-13-27-49(41)43)63(75)67-51(33-45-25-17-29-53-59(45)83-37-81-53)57(71)58(72)52(34-46-26-18-30-54-60(46)84-38-82-54)68-64(76)56(40(3)4)70-62(74)48(36-86(79,80)66(8,9)10)32-44-24-16-22-42-20-12-14-28-50(42)44/h11-30,39-40,47-48,51-52,55-58,71-72H,31-38H2,1-10H3,(H,67,75)(H,68,76)(H,69,73)(H,70,74)/t47-,48-,51+,52+,55+,56+,57-,58-/m1/s1. The number of amides is 4. The summed E-state index contributed by atoms with van der Waals surface area (Å²) in [6.45, 7) is 16.0. The number of fused-ring (bicyclic) bond motifs is 4. The molecule has 4 amide bonds. The molecule has 0 bridgehead atoms. The van der Waals surface area contributed by atoms with E-state index < -0.39 is 124 Å². The number of sulfone groups is 2. The average molecular weight is 1220 g/mol. The van der Waals surface area contributed by atoms with Crippen molar-refractivity contribution in [3.63, 3.8) is 0 Å². The van der Waals surface area contributed by atoms with E-state index in [1.807, 2.05) is 84.9 Å². The van der Waals surface area contributed by atoms with Crippen LogP contribution in [0.2, 0.25) is 0 Å². The molecule has 0 saturated heterocycles. The Labute approximate surface area is 505 Å². The Morgan fingerprint density at radius 2 is 0.779 bits per heavy atom. The molecule has 8 atom stereocenters. The van der Waals surface area contributed by atoms with Gasteiger partial charge in [0, 0.05) is 11.1 Å². The molecule has 0 spiro atoms. The van der Waals surface area contributed by atoms with Gasteiger partial charge in [0.2, 0.25) is 37.2 Å². The molecule has 0 aliphatic carbocycles. The van der Waals surface area contributed by atoms with Gasteiger partial charge in [-0.1, -0.05) is 137 Å². The summed E-state index contributed by atoms with van der Waals surface area (Å²) in [6, 6.07) is 31.2. The van der Waals surface area contributed by atoms with Gasteiger partial charge in [-0.3, -0.25) is 19.2 Å². The van der Waals surface area contributed by atoms with Crippen molar-refractivity contribution in [3.8, 4) is 23.0 Å². The average Bonchev–Trinajstić information content (AvgIpc) is 2.09. The summed E-state index contributed by atoms with van der Waals surface area (Å²) in [7, 11) is -7.79. The van der Waals surface area contributed by atoms with Crippen LogP contribution in [0.3, 0.4) is 0 Å². The molecule has 0 saturated carbocycles. The zero-order valence-corrected chi connectivity index (χ0v) is 52.2. The van der Waals surface area contributed by atoms with Crippen molar-refractivity contribution in [3.05, 3.63) is 144 Å². The number of nitrogens with one attached hydrogen (secondary N) is 4. The Morgan fingerprint density at radius 3 is 1.14 bits per heavy atom. The lowest BCUT2D eigenvalue weighted by atomic mass is 9.89. The van der Waals surface area contributed by atoms with E-state index in [1.54, 1.807) is 106 Å². The van der Waals surface area contributed by atoms with E-state index >= 15 is 9.59 Å². The molecule has 0 unspecified atom stereocenters. The molecule has 2 heterocycles. The Bertz CT molecular complexity index is 3420. The highest BCUT2D eigenvalue weighted by molar-refractivity contribution is 7.93. The first-order valence-corrected chi connectivity index (χ1v) is 32.5. The summed E-state index contributed by atoms with van der Waals surface area (Å²) in [5.41, 5.74) is 2.44. The monoisotopic (exact) mass is 1220 g/mol. The van der Waals surface area contributed by atoms with E-state index in [-0.39, 0.29) is 39.3 Å². The summed E-state index contributed by atoms with van der Waals surface area (Å²) in [4.78, 5) is 59.5. The minimum Gasteiger partial charge on any atom is -0.454 e. The lowest BCUT2D eigenvalue weighted by Gasteiger charge is -2.35. The molecule has 8 rings (SSSR count). The minimum atomic E-state index is -3.90. The molecule has 2 aliphatic heterocycles. The molecule has 18 nitrogen and oxygen atoms in total. The molecule has 6 aromatic rings. The first kappa shape index (κ1) is 64.7. The molecule has 462 valence electrons. The fourth-order valence-corrected chi connectivity index (χ4v) is 13.5. The highest BCUT2D eigenvalue weighted by Gasteiger charge is 2.42. The second-order valence-electron chi connectivity index (χ2n) is 25.2. The van der Waals surface area contributed by atoms with Gasteiger partial charge in [0.25, 0.3) is 0 Å². The van der Waals surface area contributed by atoms with Crippen molar-refractivity contribution < 1.29 is 65.2 Å². The van der Waals surface area contributed by atoms with E-state index in [4.69, 9.17) is 18.9 Å². The summed E-state index contributed by atoms with van der Waals surface area (Å²) in [5, 5.41) is 40.6. The van der Waals surface area contributed by atoms with Gasteiger partial charge in [0.15, 0.2) is 42.7 Å². The molecule has 0 aromatic heterocycles. The summed E-state index contributed by atoms with van der Waals surface area (Å²) in [5.74, 6) is -5.95.